The summed E-state index contributed by atoms with van der Waals surface area (Å²) in [5.41, 5.74) is -0.588. The molecule has 4 heteroatoms. The standard InChI is InChI=1S/C16H32N2O2/c1-6-17-16(4,15(19)20-5)12-13(3)18(7-2)14-10-8-9-11-14/h13-14,17H,6-12H2,1-5H3. The Kier molecular flexibility index (Phi) is 6.96. The molecule has 0 aromatic carbocycles. The fourth-order valence-electron chi connectivity index (χ4n) is 3.72. The maximum Gasteiger partial charge on any atom is 0.325 e. The molecule has 0 aromatic heterocycles. The number of likely N-dealkylation sites (N-methyl/N-ethyl adjacent to an activating group) is 1. The van der Waals surface area contributed by atoms with Crippen LogP contribution in [-0.2, 0) is 9.53 Å². The normalized spacial score (nSPS) is 20.9. The summed E-state index contributed by atoms with van der Waals surface area (Å²) in [6.07, 6.45) is 6.07. The van der Waals surface area contributed by atoms with Gasteiger partial charge in [0.25, 0.3) is 0 Å². The number of nitrogens with zero attached hydrogens (tertiary/aromatic N) is 1. The van der Waals surface area contributed by atoms with E-state index in [4.69, 9.17) is 4.74 Å². The predicted octanol–water partition coefficient (Wildman–Crippen LogP) is 2.57. The number of ether oxygens (including phenoxy) is 1. The lowest BCUT2D eigenvalue weighted by molar-refractivity contribution is -0.148. The molecule has 0 bridgehead atoms. The van der Waals surface area contributed by atoms with E-state index < -0.39 is 5.54 Å². The van der Waals surface area contributed by atoms with E-state index in [0.29, 0.717) is 12.1 Å². The topological polar surface area (TPSA) is 41.6 Å². The number of hydrogen-bond acceptors (Lipinski definition) is 4. The van der Waals surface area contributed by atoms with Crippen LogP contribution < -0.4 is 5.32 Å². The summed E-state index contributed by atoms with van der Waals surface area (Å²) in [6.45, 7) is 10.3. The first-order valence-corrected chi connectivity index (χ1v) is 8.07. The minimum atomic E-state index is -0.588. The molecule has 4 nitrogen and oxygen atoms in total. The molecule has 1 rings (SSSR count). The second-order valence-electron chi connectivity index (χ2n) is 6.18. The monoisotopic (exact) mass is 284 g/mol. The number of carbonyl (C=O) groups is 1. The summed E-state index contributed by atoms with van der Waals surface area (Å²) in [4.78, 5) is 14.6. The zero-order chi connectivity index (χ0) is 15.2. The van der Waals surface area contributed by atoms with Gasteiger partial charge in [-0.25, -0.2) is 0 Å². The maximum absolute atomic E-state index is 12.1. The molecule has 1 aliphatic carbocycles. The summed E-state index contributed by atoms with van der Waals surface area (Å²) in [7, 11) is 1.47. The van der Waals surface area contributed by atoms with Gasteiger partial charge in [0.05, 0.1) is 7.11 Å². The number of nitrogens with one attached hydrogen (secondary N) is 1. The fraction of sp³-hybridized carbons (Fsp3) is 0.938. The van der Waals surface area contributed by atoms with Gasteiger partial charge in [-0.2, -0.15) is 0 Å². The zero-order valence-corrected chi connectivity index (χ0v) is 13.9. The maximum atomic E-state index is 12.1. The molecule has 2 unspecified atom stereocenters. The summed E-state index contributed by atoms with van der Waals surface area (Å²) in [5.74, 6) is -0.159. The molecule has 20 heavy (non-hydrogen) atoms. The van der Waals surface area contributed by atoms with Crippen LogP contribution in [0.4, 0.5) is 0 Å². The molecule has 0 amide bonds. The molecular formula is C16H32N2O2. The van der Waals surface area contributed by atoms with Crippen molar-refractivity contribution in [2.45, 2.75) is 77.4 Å². The van der Waals surface area contributed by atoms with E-state index in [0.717, 1.165) is 19.5 Å². The van der Waals surface area contributed by atoms with Crippen molar-refractivity contribution in [3.05, 3.63) is 0 Å². The average Bonchev–Trinajstić information content (AvgIpc) is 2.92. The van der Waals surface area contributed by atoms with E-state index in [9.17, 15) is 4.79 Å². The third kappa shape index (κ3) is 4.19. The van der Waals surface area contributed by atoms with E-state index in [2.05, 4.69) is 24.1 Å². The molecule has 0 heterocycles. The highest BCUT2D eigenvalue weighted by Gasteiger charge is 2.37. The Balaban J connectivity index is 2.72. The lowest BCUT2D eigenvalue weighted by Gasteiger charge is -2.38. The fourth-order valence-corrected chi connectivity index (χ4v) is 3.72. The van der Waals surface area contributed by atoms with E-state index in [-0.39, 0.29) is 5.97 Å². The molecule has 2 atom stereocenters. The van der Waals surface area contributed by atoms with Gasteiger partial charge in [-0.15, -0.1) is 0 Å². The highest BCUT2D eigenvalue weighted by Crippen LogP contribution is 2.27. The third-order valence-corrected chi connectivity index (χ3v) is 4.63. The number of carbonyl (C=O) groups excluding carboxylic acids is 1. The van der Waals surface area contributed by atoms with Gasteiger partial charge in [0, 0.05) is 12.1 Å². The SMILES string of the molecule is CCNC(C)(CC(C)N(CC)C1CCCC1)C(=O)OC. The molecule has 1 saturated carbocycles. The van der Waals surface area contributed by atoms with E-state index >= 15 is 0 Å². The minimum Gasteiger partial charge on any atom is -0.468 e. The molecule has 118 valence electrons. The second kappa shape index (κ2) is 7.99. The molecule has 0 radical (unpaired) electrons. The third-order valence-electron chi connectivity index (χ3n) is 4.63. The summed E-state index contributed by atoms with van der Waals surface area (Å²) < 4.78 is 4.99. The van der Waals surface area contributed by atoms with Gasteiger partial charge >= 0.3 is 5.97 Å². The van der Waals surface area contributed by atoms with Crippen LogP contribution in [0.5, 0.6) is 0 Å². The summed E-state index contributed by atoms with van der Waals surface area (Å²) in [6, 6.07) is 1.07. The van der Waals surface area contributed by atoms with Gasteiger partial charge in [-0.1, -0.05) is 26.7 Å². The highest BCUT2D eigenvalue weighted by molar-refractivity contribution is 5.80. The molecule has 0 saturated heterocycles. The first-order valence-electron chi connectivity index (χ1n) is 8.07. The van der Waals surface area contributed by atoms with Crippen LogP contribution in [0.1, 0.15) is 59.8 Å². The Morgan fingerprint density at radius 3 is 2.45 bits per heavy atom. The molecule has 1 N–H and O–H groups in total. The second-order valence-corrected chi connectivity index (χ2v) is 6.18. The Labute approximate surface area is 124 Å². The van der Waals surface area contributed by atoms with Gasteiger partial charge in [-0.3, -0.25) is 9.69 Å². The van der Waals surface area contributed by atoms with Crippen LogP contribution in [0.15, 0.2) is 0 Å². The lowest BCUT2D eigenvalue weighted by atomic mass is 9.92. The lowest BCUT2D eigenvalue weighted by Crippen LogP contribution is -2.55. The Hall–Kier alpha value is -0.610. The van der Waals surface area contributed by atoms with Gasteiger partial charge in [0.2, 0.25) is 0 Å². The molecule has 1 fully saturated rings. The first-order chi connectivity index (χ1) is 9.48. The largest absolute Gasteiger partial charge is 0.468 e. The van der Waals surface area contributed by atoms with Crippen LogP contribution in [-0.4, -0.2) is 48.7 Å². The summed E-state index contributed by atoms with van der Waals surface area (Å²) >= 11 is 0. The number of rotatable bonds is 8. The van der Waals surface area contributed by atoms with E-state index in [1.807, 2.05) is 13.8 Å². The highest BCUT2D eigenvalue weighted by atomic mass is 16.5. The molecule has 0 aliphatic heterocycles. The predicted molar refractivity (Wildman–Crippen MR) is 82.8 cm³/mol. The smallest absolute Gasteiger partial charge is 0.325 e. The van der Waals surface area contributed by atoms with Crippen molar-refractivity contribution in [3.63, 3.8) is 0 Å². The Morgan fingerprint density at radius 1 is 1.40 bits per heavy atom. The number of methoxy groups -OCH3 is 1. The average molecular weight is 284 g/mol. The molecular weight excluding hydrogens is 252 g/mol. The zero-order valence-electron chi connectivity index (χ0n) is 13.9. The van der Waals surface area contributed by atoms with Crippen LogP contribution in [0.2, 0.25) is 0 Å². The molecule has 0 aromatic rings. The quantitative estimate of drug-likeness (QED) is 0.696. The van der Waals surface area contributed by atoms with Crippen molar-refractivity contribution >= 4 is 5.97 Å². The first kappa shape index (κ1) is 17.4. The Bertz CT molecular complexity index is 303. The van der Waals surface area contributed by atoms with Crippen molar-refractivity contribution in [3.8, 4) is 0 Å². The van der Waals surface area contributed by atoms with Crippen molar-refractivity contribution in [2.24, 2.45) is 0 Å². The van der Waals surface area contributed by atoms with E-state index in [1.165, 1.54) is 32.8 Å². The van der Waals surface area contributed by atoms with Crippen LogP contribution in [0, 0.1) is 0 Å². The minimum absolute atomic E-state index is 0.159. The molecule has 0 spiro atoms. The Morgan fingerprint density at radius 2 is 2.00 bits per heavy atom. The van der Waals surface area contributed by atoms with Crippen LogP contribution >= 0.6 is 0 Å². The van der Waals surface area contributed by atoms with Crippen LogP contribution in [0.3, 0.4) is 0 Å². The number of esters is 1. The summed E-state index contributed by atoms with van der Waals surface area (Å²) in [5, 5.41) is 3.31. The van der Waals surface area contributed by atoms with E-state index in [1.54, 1.807) is 0 Å². The molecule has 1 aliphatic rings. The van der Waals surface area contributed by atoms with Crippen molar-refractivity contribution < 1.29 is 9.53 Å². The van der Waals surface area contributed by atoms with Gasteiger partial charge in [0.15, 0.2) is 0 Å². The van der Waals surface area contributed by atoms with Gasteiger partial charge in [-0.05, 0) is 46.2 Å². The van der Waals surface area contributed by atoms with Crippen molar-refractivity contribution in [2.75, 3.05) is 20.2 Å². The van der Waals surface area contributed by atoms with Gasteiger partial charge < -0.3 is 10.1 Å². The van der Waals surface area contributed by atoms with Crippen LogP contribution in [0.25, 0.3) is 0 Å². The number of hydrogen-bond donors (Lipinski definition) is 1. The van der Waals surface area contributed by atoms with Gasteiger partial charge in [0.1, 0.15) is 5.54 Å². The van der Waals surface area contributed by atoms with Crippen molar-refractivity contribution in [1.29, 1.82) is 0 Å². The van der Waals surface area contributed by atoms with Crippen molar-refractivity contribution in [1.82, 2.24) is 10.2 Å².